The second-order valence-corrected chi connectivity index (χ2v) is 5.32. The first-order valence-corrected chi connectivity index (χ1v) is 6.95. The number of hydrogen-bond donors (Lipinski definition) is 2. The molecule has 2 aromatic rings. The molecular weight excluding hydrogens is 300 g/mol. The van der Waals surface area contributed by atoms with Crippen molar-refractivity contribution in [1.82, 2.24) is 10.3 Å². The summed E-state index contributed by atoms with van der Waals surface area (Å²) >= 11 is 0. The molecule has 0 aliphatic rings. The Kier molecular flexibility index (Phi) is 4.80. The molecule has 1 amide bonds. The minimum Gasteiger partial charge on any atom is -0.479 e. The van der Waals surface area contributed by atoms with E-state index in [0.717, 1.165) is 5.56 Å². The third-order valence-electron chi connectivity index (χ3n) is 3.32. The molecular formula is C16H18N2O5. The van der Waals surface area contributed by atoms with E-state index >= 15 is 0 Å². The molecule has 0 bridgehead atoms. The predicted octanol–water partition coefficient (Wildman–Crippen LogP) is 1.87. The van der Waals surface area contributed by atoms with Gasteiger partial charge in [0.25, 0.3) is 5.91 Å². The summed E-state index contributed by atoms with van der Waals surface area (Å²) in [5.74, 6) is -1.57. The maximum atomic E-state index is 12.3. The highest BCUT2D eigenvalue weighted by atomic mass is 16.5. The van der Waals surface area contributed by atoms with E-state index in [-0.39, 0.29) is 12.4 Å². The molecule has 7 nitrogen and oxygen atoms in total. The topological polar surface area (TPSA) is 102 Å². The molecule has 1 unspecified atom stereocenters. The van der Waals surface area contributed by atoms with Crippen molar-refractivity contribution in [2.24, 2.45) is 0 Å². The van der Waals surface area contributed by atoms with Crippen molar-refractivity contribution < 1.29 is 23.8 Å². The molecule has 0 radical (unpaired) electrons. The lowest BCUT2D eigenvalue weighted by Gasteiger charge is -2.24. The zero-order valence-corrected chi connectivity index (χ0v) is 13.1. The number of carbonyl (C=O) groups is 2. The second-order valence-electron chi connectivity index (χ2n) is 5.32. The summed E-state index contributed by atoms with van der Waals surface area (Å²) in [6, 6.07) is 9.12. The van der Waals surface area contributed by atoms with Crippen molar-refractivity contribution in [1.29, 1.82) is 0 Å². The van der Waals surface area contributed by atoms with Crippen molar-refractivity contribution in [3.8, 4) is 11.5 Å². The van der Waals surface area contributed by atoms with Gasteiger partial charge in [-0.05, 0) is 26.0 Å². The summed E-state index contributed by atoms with van der Waals surface area (Å²) in [5.41, 5.74) is -0.447. The second kappa shape index (κ2) is 6.62. The SMILES string of the molecule is COCC(C)(NC(=O)c1oc(-c2ccccc2)nc1C)C(=O)O. The van der Waals surface area contributed by atoms with Gasteiger partial charge in [0.05, 0.1) is 12.3 Å². The highest BCUT2D eigenvalue weighted by molar-refractivity contribution is 5.96. The van der Waals surface area contributed by atoms with Crippen LogP contribution in [0.15, 0.2) is 34.7 Å². The molecule has 1 aromatic carbocycles. The summed E-state index contributed by atoms with van der Waals surface area (Å²) in [5, 5.41) is 11.7. The van der Waals surface area contributed by atoms with E-state index in [1.54, 1.807) is 19.1 Å². The molecule has 122 valence electrons. The zero-order valence-electron chi connectivity index (χ0n) is 13.1. The highest BCUT2D eigenvalue weighted by Crippen LogP contribution is 2.22. The minimum atomic E-state index is -1.56. The van der Waals surface area contributed by atoms with Crippen LogP contribution in [-0.4, -0.2) is 41.2 Å². The number of aryl methyl sites for hydroxylation is 1. The van der Waals surface area contributed by atoms with Gasteiger partial charge in [-0.15, -0.1) is 0 Å². The fourth-order valence-corrected chi connectivity index (χ4v) is 2.06. The third kappa shape index (κ3) is 3.57. The molecule has 7 heteroatoms. The molecule has 2 rings (SSSR count). The van der Waals surface area contributed by atoms with Crippen LogP contribution in [0.25, 0.3) is 11.5 Å². The smallest absolute Gasteiger partial charge is 0.331 e. The van der Waals surface area contributed by atoms with E-state index < -0.39 is 17.4 Å². The van der Waals surface area contributed by atoms with Crippen LogP contribution in [0.5, 0.6) is 0 Å². The molecule has 1 heterocycles. The van der Waals surface area contributed by atoms with Crippen LogP contribution < -0.4 is 5.32 Å². The summed E-state index contributed by atoms with van der Waals surface area (Å²) in [7, 11) is 1.36. The number of nitrogens with zero attached hydrogens (tertiary/aromatic N) is 1. The van der Waals surface area contributed by atoms with Gasteiger partial charge < -0.3 is 19.6 Å². The van der Waals surface area contributed by atoms with E-state index in [0.29, 0.717) is 11.6 Å². The van der Waals surface area contributed by atoms with Gasteiger partial charge in [-0.2, -0.15) is 0 Å². The van der Waals surface area contributed by atoms with Gasteiger partial charge in [-0.1, -0.05) is 18.2 Å². The van der Waals surface area contributed by atoms with Crippen LogP contribution in [-0.2, 0) is 9.53 Å². The number of methoxy groups -OCH3 is 1. The molecule has 1 atom stereocenters. The van der Waals surface area contributed by atoms with Crippen molar-refractivity contribution in [2.45, 2.75) is 19.4 Å². The number of nitrogens with one attached hydrogen (secondary N) is 1. The summed E-state index contributed by atoms with van der Waals surface area (Å²) in [4.78, 5) is 27.9. The maximum Gasteiger partial charge on any atom is 0.331 e. The van der Waals surface area contributed by atoms with Crippen LogP contribution >= 0.6 is 0 Å². The Labute approximate surface area is 133 Å². The number of carboxylic acid groups (broad SMARTS) is 1. The number of oxazole rings is 1. The number of carbonyl (C=O) groups excluding carboxylic acids is 1. The molecule has 23 heavy (non-hydrogen) atoms. The lowest BCUT2D eigenvalue weighted by atomic mass is 10.0. The van der Waals surface area contributed by atoms with Crippen molar-refractivity contribution in [2.75, 3.05) is 13.7 Å². The number of aliphatic carboxylic acids is 1. The van der Waals surface area contributed by atoms with E-state index in [1.165, 1.54) is 14.0 Å². The van der Waals surface area contributed by atoms with Gasteiger partial charge in [0, 0.05) is 12.7 Å². The summed E-state index contributed by atoms with van der Waals surface area (Å²) in [6.45, 7) is 2.81. The molecule has 0 spiro atoms. The number of ether oxygens (including phenoxy) is 1. The Bertz CT molecular complexity index is 711. The van der Waals surface area contributed by atoms with Gasteiger partial charge in [-0.3, -0.25) is 4.79 Å². The lowest BCUT2D eigenvalue weighted by molar-refractivity contribution is -0.145. The molecule has 1 aromatic heterocycles. The summed E-state index contributed by atoms with van der Waals surface area (Å²) in [6.07, 6.45) is 0. The third-order valence-corrected chi connectivity index (χ3v) is 3.32. The van der Waals surface area contributed by atoms with E-state index in [2.05, 4.69) is 10.3 Å². The Balaban J connectivity index is 2.27. The van der Waals surface area contributed by atoms with Crippen molar-refractivity contribution >= 4 is 11.9 Å². The van der Waals surface area contributed by atoms with Gasteiger partial charge in [0.1, 0.15) is 0 Å². The fourth-order valence-electron chi connectivity index (χ4n) is 2.06. The minimum absolute atomic E-state index is 0.0209. The Morgan fingerprint density at radius 1 is 1.35 bits per heavy atom. The number of aromatic nitrogens is 1. The van der Waals surface area contributed by atoms with Crippen molar-refractivity contribution in [3.63, 3.8) is 0 Å². The van der Waals surface area contributed by atoms with Crippen molar-refractivity contribution in [3.05, 3.63) is 41.8 Å². The fraction of sp³-hybridized carbons (Fsp3) is 0.312. The molecule has 0 saturated heterocycles. The number of amides is 1. The van der Waals surface area contributed by atoms with E-state index in [4.69, 9.17) is 9.15 Å². The number of hydrogen-bond acceptors (Lipinski definition) is 5. The summed E-state index contributed by atoms with van der Waals surface area (Å²) < 4.78 is 10.4. The highest BCUT2D eigenvalue weighted by Gasteiger charge is 2.36. The average Bonchev–Trinajstić information content (AvgIpc) is 2.90. The van der Waals surface area contributed by atoms with E-state index in [1.807, 2.05) is 18.2 Å². The number of benzene rings is 1. The van der Waals surface area contributed by atoms with Crippen LogP contribution in [0.3, 0.4) is 0 Å². The quantitative estimate of drug-likeness (QED) is 0.843. The normalized spacial score (nSPS) is 13.3. The van der Waals surface area contributed by atoms with Crippen LogP contribution in [0, 0.1) is 6.92 Å². The molecule has 0 aliphatic carbocycles. The van der Waals surface area contributed by atoms with E-state index in [9.17, 15) is 14.7 Å². The standard InChI is InChI=1S/C16H18N2O5/c1-10-12(13(19)18-16(2,9-22-3)15(20)21)23-14(17-10)11-7-5-4-6-8-11/h4-8H,9H2,1-3H3,(H,18,19)(H,20,21). The molecule has 0 saturated carbocycles. The first-order chi connectivity index (χ1) is 10.9. The van der Waals surface area contributed by atoms with Gasteiger partial charge in [0.2, 0.25) is 11.7 Å². The maximum absolute atomic E-state index is 12.3. The molecule has 2 N–H and O–H groups in total. The number of rotatable bonds is 6. The predicted molar refractivity (Wildman–Crippen MR) is 82.1 cm³/mol. The monoisotopic (exact) mass is 318 g/mol. The first kappa shape index (κ1) is 16.7. The van der Waals surface area contributed by atoms with Gasteiger partial charge in [-0.25, -0.2) is 9.78 Å². The molecule has 0 fully saturated rings. The van der Waals surface area contributed by atoms with Crippen LogP contribution in [0.2, 0.25) is 0 Å². The number of carboxylic acids is 1. The largest absolute Gasteiger partial charge is 0.479 e. The van der Waals surface area contributed by atoms with Gasteiger partial charge >= 0.3 is 5.97 Å². The zero-order chi connectivity index (χ0) is 17.0. The van der Waals surface area contributed by atoms with Crippen LogP contribution in [0.1, 0.15) is 23.2 Å². The average molecular weight is 318 g/mol. The Hall–Kier alpha value is -2.67. The van der Waals surface area contributed by atoms with Crippen LogP contribution in [0.4, 0.5) is 0 Å². The molecule has 0 aliphatic heterocycles. The Morgan fingerprint density at radius 2 is 2.00 bits per heavy atom. The lowest BCUT2D eigenvalue weighted by Crippen LogP contribution is -2.55. The first-order valence-electron chi connectivity index (χ1n) is 6.95. The Morgan fingerprint density at radius 3 is 2.57 bits per heavy atom. The van der Waals surface area contributed by atoms with Gasteiger partial charge in [0.15, 0.2) is 5.54 Å².